The monoisotopic (exact) mass is 340 g/mol. The second-order valence-corrected chi connectivity index (χ2v) is 4.11. The molecule has 0 aromatic heterocycles. The summed E-state index contributed by atoms with van der Waals surface area (Å²) < 4.78 is 18.5. The molecule has 1 N–H and O–H groups in total. The summed E-state index contributed by atoms with van der Waals surface area (Å²) in [5, 5.41) is 13.5. The van der Waals surface area contributed by atoms with E-state index in [-0.39, 0.29) is 21.6 Å². The molecule has 88 valence electrons. The van der Waals surface area contributed by atoms with E-state index in [4.69, 9.17) is 4.74 Å². The van der Waals surface area contributed by atoms with Crippen LogP contribution < -0.4 is 10.1 Å². The van der Waals surface area contributed by atoms with Gasteiger partial charge in [0.15, 0.2) is 5.75 Å². The molecule has 1 rings (SSSR count). The fourth-order valence-corrected chi connectivity index (χ4v) is 1.49. The average Bonchev–Trinajstić information content (AvgIpc) is 2.23. The Kier molecular flexibility index (Phi) is 4.87. The van der Waals surface area contributed by atoms with Crippen molar-refractivity contribution in [2.24, 2.45) is 0 Å². The van der Waals surface area contributed by atoms with Gasteiger partial charge >= 0.3 is 5.69 Å². The minimum Gasteiger partial charge on any atom is -0.485 e. The number of rotatable bonds is 5. The van der Waals surface area contributed by atoms with Gasteiger partial charge in [0.2, 0.25) is 0 Å². The summed E-state index contributed by atoms with van der Waals surface area (Å²) >= 11 is 1.70. The Morgan fingerprint density at radius 2 is 2.31 bits per heavy atom. The molecule has 1 aromatic rings. The maximum absolute atomic E-state index is 13.2. The number of hydrogen-bond acceptors (Lipinski definition) is 4. The number of hydrogen-bond donors (Lipinski definition) is 1. The van der Waals surface area contributed by atoms with Crippen molar-refractivity contribution in [1.29, 1.82) is 0 Å². The average molecular weight is 340 g/mol. The van der Waals surface area contributed by atoms with Gasteiger partial charge in [0, 0.05) is 18.7 Å². The number of halogens is 2. The van der Waals surface area contributed by atoms with Crippen LogP contribution in [0.15, 0.2) is 12.1 Å². The van der Waals surface area contributed by atoms with Crippen LogP contribution in [-0.4, -0.2) is 25.1 Å². The molecule has 0 fully saturated rings. The second-order valence-electron chi connectivity index (χ2n) is 2.94. The van der Waals surface area contributed by atoms with Crippen molar-refractivity contribution in [2.45, 2.75) is 0 Å². The highest BCUT2D eigenvalue weighted by atomic mass is 127. The first-order valence-electron chi connectivity index (χ1n) is 4.47. The Morgan fingerprint density at radius 1 is 1.62 bits per heavy atom. The maximum Gasteiger partial charge on any atom is 0.312 e. The van der Waals surface area contributed by atoms with Gasteiger partial charge in [-0.25, -0.2) is 4.39 Å². The van der Waals surface area contributed by atoms with E-state index in [1.807, 2.05) is 0 Å². The van der Waals surface area contributed by atoms with Gasteiger partial charge in [-0.2, -0.15) is 0 Å². The predicted molar refractivity (Wildman–Crippen MR) is 65.2 cm³/mol. The van der Waals surface area contributed by atoms with Crippen LogP contribution in [-0.2, 0) is 0 Å². The molecular formula is C9H10FIN2O3. The van der Waals surface area contributed by atoms with Gasteiger partial charge in [-0.15, -0.1) is 0 Å². The van der Waals surface area contributed by atoms with Crippen molar-refractivity contribution < 1.29 is 14.1 Å². The number of benzene rings is 1. The van der Waals surface area contributed by atoms with E-state index in [0.717, 1.165) is 12.1 Å². The molecule has 1 aromatic carbocycles. The van der Waals surface area contributed by atoms with E-state index in [9.17, 15) is 14.5 Å². The molecule has 0 spiro atoms. The van der Waals surface area contributed by atoms with Crippen LogP contribution in [0.25, 0.3) is 0 Å². The fraction of sp³-hybridized carbons (Fsp3) is 0.333. The number of nitrogens with zero attached hydrogens (tertiary/aromatic N) is 1. The van der Waals surface area contributed by atoms with E-state index < -0.39 is 10.7 Å². The lowest BCUT2D eigenvalue weighted by molar-refractivity contribution is -0.386. The van der Waals surface area contributed by atoms with Gasteiger partial charge in [-0.05, 0) is 29.6 Å². The molecule has 0 atom stereocenters. The van der Waals surface area contributed by atoms with Crippen LogP contribution in [0.4, 0.5) is 10.1 Å². The molecule has 0 aliphatic rings. The highest BCUT2D eigenvalue weighted by molar-refractivity contribution is 14.1. The minimum atomic E-state index is -0.587. The maximum atomic E-state index is 13.2. The van der Waals surface area contributed by atoms with E-state index in [2.05, 4.69) is 5.32 Å². The molecule has 0 unspecified atom stereocenters. The molecule has 7 heteroatoms. The first kappa shape index (κ1) is 13.1. The fourth-order valence-electron chi connectivity index (χ4n) is 1.04. The van der Waals surface area contributed by atoms with Crippen molar-refractivity contribution in [1.82, 2.24) is 5.32 Å². The Morgan fingerprint density at radius 3 is 2.88 bits per heavy atom. The summed E-state index contributed by atoms with van der Waals surface area (Å²) in [6, 6.07) is 2.19. The van der Waals surface area contributed by atoms with Crippen molar-refractivity contribution in [2.75, 3.05) is 20.2 Å². The topological polar surface area (TPSA) is 64.4 Å². The molecule has 0 radical (unpaired) electrons. The van der Waals surface area contributed by atoms with Crippen LogP contribution in [0, 0.1) is 19.5 Å². The zero-order chi connectivity index (χ0) is 12.1. The number of likely N-dealkylation sites (N-methyl/N-ethyl adjacent to an activating group) is 1. The largest absolute Gasteiger partial charge is 0.485 e. The molecular weight excluding hydrogens is 330 g/mol. The van der Waals surface area contributed by atoms with Gasteiger partial charge < -0.3 is 10.1 Å². The van der Waals surface area contributed by atoms with E-state index in [1.54, 1.807) is 29.6 Å². The molecule has 5 nitrogen and oxygen atoms in total. The summed E-state index contributed by atoms with van der Waals surface area (Å²) in [5.74, 6) is -0.566. The quantitative estimate of drug-likeness (QED) is 0.385. The molecule has 0 amide bonds. The van der Waals surface area contributed by atoms with Gasteiger partial charge in [-0.3, -0.25) is 10.1 Å². The third-order valence-electron chi connectivity index (χ3n) is 1.81. The summed E-state index contributed by atoms with van der Waals surface area (Å²) in [5.41, 5.74) is -0.220. The number of ether oxygens (including phenoxy) is 1. The minimum absolute atomic E-state index is 0.0434. The van der Waals surface area contributed by atoms with Crippen LogP contribution >= 0.6 is 22.6 Å². The normalized spacial score (nSPS) is 10.2. The highest BCUT2D eigenvalue weighted by Gasteiger charge is 2.18. The first-order chi connectivity index (χ1) is 7.56. The SMILES string of the molecule is CNCCOc1cc(F)c(I)cc1[N+](=O)[O-]. The number of nitrogens with one attached hydrogen (secondary N) is 1. The Hall–Kier alpha value is -0.960. The molecule has 0 saturated heterocycles. The van der Waals surface area contributed by atoms with Crippen molar-refractivity contribution >= 4 is 28.3 Å². The van der Waals surface area contributed by atoms with Gasteiger partial charge in [0.05, 0.1) is 8.49 Å². The Balaban J connectivity index is 2.95. The Labute approximate surface area is 105 Å². The lowest BCUT2D eigenvalue weighted by atomic mass is 10.3. The van der Waals surface area contributed by atoms with Crippen LogP contribution in [0.2, 0.25) is 0 Å². The number of nitro benzene ring substituents is 1. The Bertz CT molecular complexity index is 401. The third-order valence-corrected chi connectivity index (χ3v) is 2.63. The zero-order valence-corrected chi connectivity index (χ0v) is 10.7. The smallest absolute Gasteiger partial charge is 0.312 e. The lowest BCUT2D eigenvalue weighted by Crippen LogP contribution is -2.16. The van der Waals surface area contributed by atoms with E-state index in [0.29, 0.717) is 6.54 Å². The molecule has 0 heterocycles. The number of nitro groups is 1. The van der Waals surface area contributed by atoms with Crippen molar-refractivity contribution in [3.8, 4) is 5.75 Å². The molecule has 0 aliphatic heterocycles. The third kappa shape index (κ3) is 3.27. The summed E-state index contributed by atoms with van der Waals surface area (Å²) in [6.07, 6.45) is 0. The molecule has 0 saturated carbocycles. The van der Waals surface area contributed by atoms with Gasteiger partial charge in [-0.1, -0.05) is 0 Å². The summed E-state index contributed by atoms with van der Waals surface area (Å²) in [4.78, 5) is 10.1. The van der Waals surface area contributed by atoms with E-state index in [1.165, 1.54) is 0 Å². The standard InChI is InChI=1S/C9H10FIN2O3/c1-12-2-3-16-9-4-6(10)7(11)5-8(9)13(14)15/h4-5,12H,2-3H2,1H3. The van der Waals surface area contributed by atoms with Crippen molar-refractivity contribution in [3.05, 3.63) is 31.6 Å². The first-order valence-corrected chi connectivity index (χ1v) is 5.55. The molecule has 0 bridgehead atoms. The highest BCUT2D eigenvalue weighted by Crippen LogP contribution is 2.30. The molecule has 0 aliphatic carbocycles. The van der Waals surface area contributed by atoms with Crippen LogP contribution in [0.1, 0.15) is 0 Å². The van der Waals surface area contributed by atoms with Crippen LogP contribution in [0.5, 0.6) is 5.75 Å². The van der Waals surface area contributed by atoms with Gasteiger partial charge in [0.25, 0.3) is 0 Å². The van der Waals surface area contributed by atoms with Gasteiger partial charge in [0.1, 0.15) is 12.4 Å². The van der Waals surface area contributed by atoms with Crippen molar-refractivity contribution in [3.63, 3.8) is 0 Å². The summed E-state index contributed by atoms with van der Waals surface area (Å²) in [6.45, 7) is 0.780. The summed E-state index contributed by atoms with van der Waals surface area (Å²) in [7, 11) is 1.73. The van der Waals surface area contributed by atoms with E-state index >= 15 is 0 Å². The predicted octanol–water partition coefficient (Wildman–Crippen LogP) is 1.94. The zero-order valence-electron chi connectivity index (χ0n) is 8.50. The molecule has 16 heavy (non-hydrogen) atoms. The second kappa shape index (κ2) is 5.94. The van der Waals surface area contributed by atoms with Crippen LogP contribution in [0.3, 0.4) is 0 Å². The lowest BCUT2D eigenvalue weighted by Gasteiger charge is -2.07.